The number of aromatic amines is 1. The second-order valence-electron chi connectivity index (χ2n) is 3.10. The second kappa shape index (κ2) is 4.61. The van der Waals surface area contributed by atoms with Gasteiger partial charge < -0.3 is 0 Å². The lowest BCUT2D eigenvalue weighted by molar-refractivity contribution is 0.764. The summed E-state index contributed by atoms with van der Waals surface area (Å²) in [6.07, 6.45) is 0. The van der Waals surface area contributed by atoms with Crippen LogP contribution in [0.3, 0.4) is 0 Å². The Morgan fingerprint density at radius 1 is 1.59 bits per heavy atom. The number of rotatable bonds is 2. The van der Waals surface area contributed by atoms with E-state index in [1.54, 1.807) is 13.1 Å². The SMILES string of the molecule is Cn1c(Sc2cc(C#N)cc(Cl)n2)n[nH]c1=O. The molecule has 2 aromatic rings. The van der Waals surface area contributed by atoms with Gasteiger partial charge in [-0.15, -0.1) is 5.10 Å². The zero-order valence-electron chi connectivity index (χ0n) is 8.64. The molecule has 0 radical (unpaired) electrons. The average molecular weight is 268 g/mol. The Bertz CT molecular complexity index is 656. The first-order chi connectivity index (χ1) is 8.10. The van der Waals surface area contributed by atoms with Crippen molar-refractivity contribution in [1.29, 1.82) is 5.26 Å². The molecule has 17 heavy (non-hydrogen) atoms. The highest BCUT2D eigenvalue weighted by Gasteiger charge is 2.09. The third-order valence-electron chi connectivity index (χ3n) is 1.93. The Hall–Kier alpha value is -1.78. The Balaban J connectivity index is 2.37. The molecule has 8 heteroatoms. The molecule has 1 N–H and O–H groups in total. The number of hydrogen-bond donors (Lipinski definition) is 1. The predicted octanol–water partition coefficient (Wildman–Crippen LogP) is 1.18. The number of aromatic nitrogens is 4. The van der Waals surface area contributed by atoms with Gasteiger partial charge in [0.05, 0.1) is 11.6 Å². The molecule has 0 aliphatic carbocycles. The van der Waals surface area contributed by atoms with Crippen molar-refractivity contribution in [2.75, 3.05) is 0 Å². The van der Waals surface area contributed by atoms with Crippen molar-refractivity contribution in [2.24, 2.45) is 7.05 Å². The van der Waals surface area contributed by atoms with Gasteiger partial charge in [-0.25, -0.2) is 14.9 Å². The van der Waals surface area contributed by atoms with E-state index < -0.39 is 0 Å². The highest BCUT2D eigenvalue weighted by molar-refractivity contribution is 7.99. The second-order valence-corrected chi connectivity index (χ2v) is 4.48. The van der Waals surface area contributed by atoms with Gasteiger partial charge in [-0.1, -0.05) is 11.6 Å². The molecular formula is C9H6ClN5OS. The number of nitrogens with zero attached hydrogens (tertiary/aromatic N) is 4. The molecule has 0 unspecified atom stereocenters. The van der Waals surface area contributed by atoms with Crippen LogP contribution in [0, 0.1) is 11.3 Å². The first kappa shape index (κ1) is 11.7. The van der Waals surface area contributed by atoms with E-state index in [1.807, 2.05) is 6.07 Å². The zero-order valence-corrected chi connectivity index (χ0v) is 10.2. The lowest BCUT2D eigenvalue weighted by atomic mass is 10.3. The summed E-state index contributed by atoms with van der Waals surface area (Å²) in [6.45, 7) is 0. The van der Waals surface area contributed by atoms with Gasteiger partial charge in [0.1, 0.15) is 10.2 Å². The van der Waals surface area contributed by atoms with Gasteiger partial charge in [-0.3, -0.25) is 4.57 Å². The molecule has 2 rings (SSSR count). The van der Waals surface area contributed by atoms with Crippen molar-refractivity contribution in [1.82, 2.24) is 19.7 Å². The van der Waals surface area contributed by atoms with E-state index in [0.717, 1.165) is 11.8 Å². The fraction of sp³-hybridized carbons (Fsp3) is 0.111. The summed E-state index contributed by atoms with van der Waals surface area (Å²) in [5, 5.41) is 16.1. The molecule has 6 nitrogen and oxygen atoms in total. The van der Waals surface area contributed by atoms with Gasteiger partial charge in [0, 0.05) is 7.05 Å². The first-order valence-corrected chi connectivity index (χ1v) is 5.66. The molecule has 0 bridgehead atoms. The van der Waals surface area contributed by atoms with Gasteiger partial charge in [-0.05, 0) is 23.9 Å². The van der Waals surface area contributed by atoms with Gasteiger partial charge in [0.25, 0.3) is 0 Å². The number of hydrogen-bond acceptors (Lipinski definition) is 5. The number of pyridine rings is 1. The zero-order chi connectivity index (χ0) is 12.4. The molecule has 0 aromatic carbocycles. The summed E-state index contributed by atoms with van der Waals surface area (Å²) in [6, 6.07) is 5.03. The molecule has 2 heterocycles. The molecule has 2 aromatic heterocycles. The Morgan fingerprint density at radius 3 is 2.94 bits per heavy atom. The molecular weight excluding hydrogens is 262 g/mol. The van der Waals surface area contributed by atoms with Crippen LogP contribution < -0.4 is 5.69 Å². The first-order valence-electron chi connectivity index (χ1n) is 4.47. The van der Waals surface area contributed by atoms with Crippen molar-refractivity contribution in [2.45, 2.75) is 10.2 Å². The third-order valence-corrected chi connectivity index (χ3v) is 3.09. The summed E-state index contributed by atoms with van der Waals surface area (Å²) in [5.74, 6) is 0. The van der Waals surface area contributed by atoms with Crippen LogP contribution in [0.2, 0.25) is 5.15 Å². The normalized spacial score (nSPS) is 10.2. The summed E-state index contributed by atoms with van der Waals surface area (Å²) in [7, 11) is 1.59. The minimum absolute atomic E-state index is 0.229. The maximum absolute atomic E-state index is 11.2. The molecule has 0 amide bonds. The largest absolute Gasteiger partial charge is 0.343 e. The van der Waals surface area contributed by atoms with Crippen LogP contribution in [-0.4, -0.2) is 19.7 Å². The Morgan fingerprint density at radius 2 is 2.35 bits per heavy atom. The average Bonchev–Trinajstić information content (AvgIpc) is 2.60. The number of halogens is 1. The predicted molar refractivity (Wildman–Crippen MR) is 61.9 cm³/mol. The van der Waals surface area contributed by atoms with Gasteiger partial charge in [0.2, 0.25) is 0 Å². The summed E-state index contributed by atoms with van der Waals surface area (Å²) < 4.78 is 1.35. The molecule has 0 atom stereocenters. The van der Waals surface area contributed by atoms with Crippen LogP contribution in [0.5, 0.6) is 0 Å². The van der Waals surface area contributed by atoms with Gasteiger partial charge in [0.15, 0.2) is 5.16 Å². The molecule has 0 spiro atoms. The number of H-pyrrole nitrogens is 1. The maximum atomic E-state index is 11.2. The Labute approximate surface area is 105 Å². The highest BCUT2D eigenvalue weighted by atomic mass is 35.5. The van der Waals surface area contributed by atoms with E-state index in [1.165, 1.54) is 10.6 Å². The van der Waals surface area contributed by atoms with Crippen molar-refractivity contribution in [3.8, 4) is 6.07 Å². The van der Waals surface area contributed by atoms with Crippen molar-refractivity contribution in [3.63, 3.8) is 0 Å². The lowest BCUT2D eigenvalue weighted by Crippen LogP contribution is -2.12. The third kappa shape index (κ3) is 2.49. The van der Waals surface area contributed by atoms with Crippen LogP contribution in [0.25, 0.3) is 0 Å². The van der Waals surface area contributed by atoms with E-state index in [9.17, 15) is 4.79 Å². The summed E-state index contributed by atoms with van der Waals surface area (Å²) in [5.41, 5.74) is 0.100. The molecule has 86 valence electrons. The van der Waals surface area contributed by atoms with Crippen LogP contribution in [-0.2, 0) is 7.05 Å². The summed E-state index contributed by atoms with van der Waals surface area (Å²) in [4.78, 5) is 15.2. The van der Waals surface area contributed by atoms with Crippen LogP contribution >= 0.6 is 23.4 Å². The van der Waals surface area contributed by atoms with Crippen LogP contribution in [0.1, 0.15) is 5.56 Å². The molecule has 0 fully saturated rings. The van der Waals surface area contributed by atoms with E-state index >= 15 is 0 Å². The highest BCUT2D eigenvalue weighted by Crippen LogP contribution is 2.25. The lowest BCUT2D eigenvalue weighted by Gasteiger charge is -2.00. The van der Waals surface area contributed by atoms with Crippen molar-refractivity contribution < 1.29 is 0 Å². The van der Waals surface area contributed by atoms with Gasteiger partial charge >= 0.3 is 5.69 Å². The molecule has 0 saturated heterocycles. The van der Waals surface area contributed by atoms with E-state index in [4.69, 9.17) is 16.9 Å². The molecule has 0 aliphatic heterocycles. The van der Waals surface area contributed by atoms with E-state index in [2.05, 4.69) is 15.2 Å². The van der Waals surface area contributed by atoms with E-state index in [0.29, 0.717) is 15.7 Å². The Kier molecular flexibility index (Phi) is 3.17. The quantitative estimate of drug-likeness (QED) is 0.826. The summed E-state index contributed by atoms with van der Waals surface area (Å²) >= 11 is 6.92. The fourth-order valence-electron chi connectivity index (χ4n) is 1.11. The fourth-order valence-corrected chi connectivity index (χ4v) is 2.19. The smallest absolute Gasteiger partial charge is 0.273 e. The molecule has 0 aliphatic rings. The standard InChI is InChI=1S/C9H6ClN5OS/c1-15-8(16)13-14-9(15)17-7-3-5(4-11)2-6(10)12-7/h2-3H,1H3,(H,13,16). The van der Waals surface area contributed by atoms with Crippen LogP contribution in [0.15, 0.2) is 27.1 Å². The van der Waals surface area contributed by atoms with Gasteiger partial charge in [-0.2, -0.15) is 5.26 Å². The maximum Gasteiger partial charge on any atom is 0.343 e. The topological polar surface area (TPSA) is 87.4 Å². The van der Waals surface area contributed by atoms with Crippen molar-refractivity contribution >= 4 is 23.4 Å². The van der Waals surface area contributed by atoms with E-state index in [-0.39, 0.29) is 10.8 Å². The minimum Gasteiger partial charge on any atom is -0.273 e. The monoisotopic (exact) mass is 267 g/mol. The number of nitriles is 1. The van der Waals surface area contributed by atoms with Crippen molar-refractivity contribution in [3.05, 3.63) is 33.3 Å². The molecule has 0 saturated carbocycles. The van der Waals surface area contributed by atoms with Crippen LogP contribution in [0.4, 0.5) is 0 Å². The minimum atomic E-state index is -0.310. The number of nitrogens with one attached hydrogen (secondary N) is 1.